The molecule has 0 spiro atoms. The number of rotatable bonds is 5. The van der Waals surface area contributed by atoms with Gasteiger partial charge in [0, 0.05) is 22.9 Å². The van der Waals surface area contributed by atoms with Gasteiger partial charge < -0.3 is 0 Å². The molecule has 1 N–H and O–H groups in total. The number of benzene rings is 2. The molecule has 0 saturated heterocycles. The van der Waals surface area contributed by atoms with E-state index in [1.54, 1.807) is 20.8 Å². The summed E-state index contributed by atoms with van der Waals surface area (Å²) in [4.78, 5) is 11.8. The lowest BCUT2D eigenvalue weighted by molar-refractivity contribution is -0.141. The number of alkyl halides is 6. The zero-order chi connectivity index (χ0) is 28.8. The Kier molecular flexibility index (Phi) is 7.06. The fraction of sp³-hybridized carbons (Fsp3) is 0.240. The third-order valence-corrected chi connectivity index (χ3v) is 7.00. The molecule has 2 aromatic heterocycles. The molecule has 0 unspecified atom stereocenters. The van der Waals surface area contributed by atoms with E-state index in [-0.39, 0.29) is 16.2 Å². The van der Waals surface area contributed by atoms with Gasteiger partial charge in [-0.05, 0) is 51.1 Å². The van der Waals surface area contributed by atoms with Gasteiger partial charge in [-0.25, -0.2) is 28.1 Å². The van der Waals surface area contributed by atoms with Crippen molar-refractivity contribution in [2.45, 2.75) is 43.6 Å². The molecule has 7 nitrogen and oxygen atoms in total. The van der Waals surface area contributed by atoms with Crippen molar-refractivity contribution >= 4 is 10.0 Å². The van der Waals surface area contributed by atoms with Gasteiger partial charge in [0.1, 0.15) is 6.33 Å². The van der Waals surface area contributed by atoms with Crippen LogP contribution in [0.5, 0.6) is 0 Å². The molecule has 0 saturated carbocycles. The van der Waals surface area contributed by atoms with Crippen LogP contribution in [-0.4, -0.2) is 33.5 Å². The monoisotopic (exact) mass is 569 g/mol. The average molecular weight is 570 g/mol. The highest BCUT2D eigenvalue weighted by molar-refractivity contribution is 7.89. The Morgan fingerprint density at radius 2 is 1.33 bits per heavy atom. The standard InChI is InChI=1S/C25H21F6N5O2S/c1-23(2,3)35-39(37,38)18-10-6-16(7-11-18)20-13-36(14-32-20)22-33-19(12-21(34-22)25(29,30)31)15-4-8-17(9-5-15)24(26,27)28/h4-14,35H,1-3H3. The van der Waals surface area contributed by atoms with Crippen LogP contribution in [0.15, 0.2) is 72.0 Å². The molecule has 0 aliphatic carbocycles. The minimum Gasteiger partial charge on any atom is -0.274 e. The number of sulfonamides is 1. The van der Waals surface area contributed by atoms with Crippen LogP contribution in [0.25, 0.3) is 28.5 Å². The highest BCUT2D eigenvalue weighted by Gasteiger charge is 2.34. The van der Waals surface area contributed by atoms with E-state index in [1.165, 1.54) is 36.8 Å². The molecule has 2 heterocycles. The maximum absolute atomic E-state index is 13.6. The predicted molar refractivity (Wildman–Crippen MR) is 130 cm³/mol. The van der Waals surface area contributed by atoms with E-state index in [0.29, 0.717) is 17.3 Å². The third kappa shape index (κ3) is 6.63. The van der Waals surface area contributed by atoms with E-state index in [2.05, 4.69) is 19.7 Å². The molecule has 0 aliphatic heterocycles. The highest BCUT2D eigenvalue weighted by Crippen LogP contribution is 2.33. The van der Waals surface area contributed by atoms with E-state index < -0.39 is 45.1 Å². The Balaban J connectivity index is 1.69. The fourth-order valence-corrected chi connectivity index (χ4v) is 4.94. The first-order valence-corrected chi connectivity index (χ1v) is 12.7. The number of hydrogen-bond donors (Lipinski definition) is 1. The van der Waals surface area contributed by atoms with Crippen LogP contribution in [-0.2, 0) is 22.4 Å². The van der Waals surface area contributed by atoms with Crippen molar-refractivity contribution in [2.24, 2.45) is 0 Å². The summed E-state index contributed by atoms with van der Waals surface area (Å²) in [5.41, 5.74) is -2.39. The van der Waals surface area contributed by atoms with Crippen LogP contribution >= 0.6 is 0 Å². The first-order chi connectivity index (χ1) is 17.9. The summed E-state index contributed by atoms with van der Waals surface area (Å²) in [7, 11) is -3.78. The van der Waals surface area contributed by atoms with E-state index in [0.717, 1.165) is 28.8 Å². The molecule has 4 aromatic rings. The smallest absolute Gasteiger partial charge is 0.274 e. The van der Waals surface area contributed by atoms with Crippen molar-refractivity contribution in [3.8, 4) is 28.5 Å². The summed E-state index contributed by atoms with van der Waals surface area (Å²) in [5, 5.41) is 0. The molecule has 2 aromatic carbocycles. The summed E-state index contributed by atoms with van der Waals surface area (Å²) >= 11 is 0. The summed E-state index contributed by atoms with van der Waals surface area (Å²) < 4.78 is 108. The van der Waals surface area contributed by atoms with E-state index >= 15 is 0 Å². The molecular formula is C25H21F6N5O2S. The molecule has 0 bridgehead atoms. The zero-order valence-electron chi connectivity index (χ0n) is 20.6. The van der Waals surface area contributed by atoms with Crippen molar-refractivity contribution in [3.05, 3.63) is 78.4 Å². The van der Waals surface area contributed by atoms with Crippen molar-refractivity contribution < 1.29 is 34.8 Å². The minimum atomic E-state index is -4.86. The van der Waals surface area contributed by atoms with Gasteiger partial charge in [-0.3, -0.25) is 4.57 Å². The quantitative estimate of drug-likeness (QED) is 0.293. The van der Waals surface area contributed by atoms with Gasteiger partial charge in [-0.2, -0.15) is 26.3 Å². The fourth-order valence-electron chi connectivity index (χ4n) is 3.52. The van der Waals surface area contributed by atoms with E-state index in [1.807, 2.05) is 0 Å². The lowest BCUT2D eigenvalue weighted by Gasteiger charge is -2.20. The molecule has 206 valence electrons. The van der Waals surface area contributed by atoms with Crippen molar-refractivity contribution in [2.75, 3.05) is 0 Å². The van der Waals surface area contributed by atoms with Gasteiger partial charge in [-0.1, -0.05) is 24.3 Å². The molecule has 0 aliphatic rings. The summed E-state index contributed by atoms with van der Waals surface area (Å²) in [6, 6.07) is 9.92. The zero-order valence-corrected chi connectivity index (χ0v) is 21.4. The number of hydrogen-bond acceptors (Lipinski definition) is 5. The molecule has 0 amide bonds. The maximum Gasteiger partial charge on any atom is 0.433 e. The average Bonchev–Trinajstić information content (AvgIpc) is 3.32. The Morgan fingerprint density at radius 3 is 1.87 bits per heavy atom. The number of nitrogens with zero attached hydrogens (tertiary/aromatic N) is 4. The molecule has 4 rings (SSSR count). The minimum absolute atomic E-state index is 0.0167. The van der Waals surface area contributed by atoms with Gasteiger partial charge in [0.05, 0.1) is 21.8 Å². The van der Waals surface area contributed by atoms with Gasteiger partial charge in [0.15, 0.2) is 5.69 Å². The number of nitrogens with one attached hydrogen (secondary N) is 1. The molecule has 0 fully saturated rings. The third-order valence-electron chi connectivity index (χ3n) is 5.23. The predicted octanol–water partition coefficient (Wildman–Crippen LogP) is 6.11. The van der Waals surface area contributed by atoms with Crippen LogP contribution in [0.2, 0.25) is 0 Å². The molecule has 14 heteroatoms. The second-order valence-corrected chi connectivity index (χ2v) is 11.2. The molecule has 0 radical (unpaired) electrons. The van der Waals surface area contributed by atoms with E-state index in [9.17, 15) is 34.8 Å². The second kappa shape index (κ2) is 9.75. The number of imidazole rings is 1. The number of aromatic nitrogens is 4. The van der Waals surface area contributed by atoms with Gasteiger partial charge in [-0.15, -0.1) is 0 Å². The van der Waals surface area contributed by atoms with Crippen molar-refractivity contribution in [1.82, 2.24) is 24.2 Å². The summed E-state index contributed by atoms with van der Waals surface area (Å²) in [6.07, 6.45) is -6.94. The van der Waals surface area contributed by atoms with Crippen molar-refractivity contribution in [1.29, 1.82) is 0 Å². The Labute approximate surface area is 219 Å². The van der Waals surface area contributed by atoms with Gasteiger partial charge in [0.25, 0.3) is 0 Å². The summed E-state index contributed by atoms with van der Waals surface area (Å²) in [6.45, 7) is 5.10. The SMILES string of the molecule is CC(C)(C)NS(=O)(=O)c1ccc(-c2cn(-c3nc(-c4ccc(C(F)(F)F)cc4)cc(C(F)(F)F)n3)cn2)cc1. The Bertz CT molecular complexity index is 1590. The maximum atomic E-state index is 13.6. The lowest BCUT2D eigenvalue weighted by Crippen LogP contribution is -2.40. The molecule has 39 heavy (non-hydrogen) atoms. The van der Waals surface area contributed by atoms with Gasteiger partial charge >= 0.3 is 12.4 Å². The van der Waals surface area contributed by atoms with Crippen molar-refractivity contribution in [3.63, 3.8) is 0 Å². The van der Waals surface area contributed by atoms with Gasteiger partial charge in [0.2, 0.25) is 16.0 Å². The first kappa shape index (κ1) is 28.2. The second-order valence-electron chi connectivity index (χ2n) is 9.56. The topological polar surface area (TPSA) is 89.8 Å². The van der Waals surface area contributed by atoms with Crippen LogP contribution in [0.4, 0.5) is 26.3 Å². The normalized spacial score (nSPS) is 13.1. The van der Waals surface area contributed by atoms with Crippen LogP contribution in [0.3, 0.4) is 0 Å². The van der Waals surface area contributed by atoms with Crippen LogP contribution < -0.4 is 4.72 Å². The lowest BCUT2D eigenvalue weighted by atomic mass is 10.1. The number of halogens is 6. The van der Waals surface area contributed by atoms with E-state index in [4.69, 9.17) is 0 Å². The highest BCUT2D eigenvalue weighted by atomic mass is 32.2. The summed E-state index contributed by atoms with van der Waals surface area (Å²) in [5.74, 6) is -0.410. The Hall–Kier alpha value is -3.78. The molecular weight excluding hydrogens is 548 g/mol. The first-order valence-electron chi connectivity index (χ1n) is 11.3. The van der Waals surface area contributed by atoms with Crippen LogP contribution in [0, 0.1) is 0 Å². The molecule has 0 atom stereocenters. The van der Waals surface area contributed by atoms with Crippen LogP contribution in [0.1, 0.15) is 32.0 Å². The largest absolute Gasteiger partial charge is 0.433 e. The Morgan fingerprint density at radius 1 is 0.769 bits per heavy atom.